The van der Waals surface area contributed by atoms with Crippen molar-refractivity contribution in [3.8, 4) is 11.5 Å². The monoisotopic (exact) mass is 569 g/mol. The molecule has 0 bridgehead atoms. The van der Waals surface area contributed by atoms with E-state index in [4.69, 9.17) is 14.9 Å². The molecule has 1 spiro atoms. The van der Waals surface area contributed by atoms with Crippen molar-refractivity contribution in [3.63, 3.8) is 0 Å². The Morgan fingerprint density at radius 3 is 2.17 bits per heavy atom. The number of nitrogens with one attached hydrogen (secondary N) is 1. The van der Waals surface area contributed by atoms with E-state index in [1.54, 1.807) is 36.9 Å². The lowest BCUT2D eigenvalue weighted by molar-refractivity contribution is 0.0684. The lowest BCUT2D eigenvalue weighted by atomic mass is 9.84. The highest BCUT2D eigenvalue weighted by Crippen LogP contribution is 2.58. The molecule has 0 radical (unpaired) electrons. The van der Waals surface area contributed by atoms with Gasteiger partial charge in [-0.25, -0.2) is 4.39 Å². The van der Waals surface area contributed by atoms with E-state index in [9.17, 15) is 19.8 Å². The fourth-order valence-corrected chi connectivity index (χ4v) is 5.45. The Morgan fingerprint density at radius 1 is 1.02 bits per heavy atom. The smallest absolute Gasteiger partial charge is 0.254 e. The molecule has 2 aliphatic rings. The van der Waals surface area contributed by atoms with Gasteiger partial charge in [-0.2, -0.15) is 0 Å². The van der Waals surface area contributed by atoms with Gasteiger partial charge < -0.3 is 29.5 Å². The number of rotatable bonds is 12. The average Bonchev–Trinajstić information content (AvgIpc) is 3.69. The summed E-state index contributed by atoms with van der Waals surface area (Å²) in [6.07, 6.45) is 1.33. The summed E-state index contributed by atoms with van der Waals surface area (Å²) < 4.78 is 27.0. The molecule has 1 fully saturated rings. The Hall–Kier alpha value is -3.50. The van der Waals surface area contributed by atoms with Gasteiger partial charge in [0.2, 0.25) is 0 Å². The van der Waals surface area contributed by atoms with Crippen LogP contribution in [0.2, 0.25) is 0 Å². The van der Waals surface area contributed by atoms with Crippen molar-refractivity contribution in [3.05, 3.63) is 57.9 Å². The van der Waals surface area contributed by atoms with Gasteiger partial charge >= 0.3 is 0 Å². The van der Waals surface area contributed by atoms with Gasteiger partial charge in [-0.15, -0.1) is 0 Å². The highest BCUT2D eigenvalue weighted by atomic mass is 19.1. The fourth-order valence-electron chi connectivity index (χ4n) is 5.45. The molecule has 0 saturated heterocycles. The van der Waals surface area contributed by atoms with Crippen molar-refractivity contribution in [2.24, 2.45) is 0 Å². The molecule has 9 nitrogen and oxygen atoms in total. The first-order valence-corrected chi connectivity index (χ1v) is 14.1. The topological polar surface area (TPSA) is 123 Å². The second-order valence-electron chi connectivity index (χ2n) is 11.5. The van der Waals surface area contributed by atoms with Crippen molar-refractivity contribution in [2.45, 2.75) is 58.4 Å². The summed E-state index contributed by atoms with van der Waals surface area (Å²) >= 11 is 0. The van der Waals surface area contributed by atoms with E-state index in [-0.39, 0.29) is 79.1 Å². The van der Waals surface area contributed by atoms with E-state index >= 15 is 4.39 Å². The molecule has 1 saturated carbocycles. The molecule has 1 aliphatic carbocycles. The van der Waals surface area contributed by atoms with Crippen LogP contribution in [0.15, 0.2) is 24.3 Å². The second-order valence-corrected chi connectivity index (χ2v) is 11.5. The van der Waals surface area contributed by atoms with Gasteiger partial charge in [0.15, 0.2) is 23.1 Å². The molecule has 1 heterocycles. The summed E-state index contributed by atoms with van der Waals surface area (Å²) in [5, 5.41) is 27.7. The van der Waals surface area contributed by atoms with Crippen molar-refractivity contribution < 1.29 is 33.7 Å². The molecule has 0 aromatic heterocycles. The van der Waals surface area contributed by atoms with Gasteiger partial charge in [0.25, 0.3) is 5.91 Å². The first-order valence-electron chi connectivity index (χ1n) is 14.1. The number of hydrogen-bond donors (Lipinski definition) is 3. The normalized spacial score (nSPS) is 15.2. The predicted octanol–water partition coefficient (Wildman–Crippen LogP) is 3.86. The van der Waals surface area contributed by atoms with Crippen molar-refractivity contribution >= 4 is 17.5 Å². The number of hydrogen-bond acceptors (Lipinski definition) is 7. The predicted molar refractivity (Wildman–Crippen MR) is 153 cm³/mol. The summed E-state index contributed by atoms with van der Waals surface area (Å²) in [7, 11) is 0. The Balaban J connectivity index is 1.71. The number of halogens is 1. The van der Waals surface area contributed by atoms with Crippen LogP contribution in [0.25, 0.3) is 0 Å². The van der Waals surface area contributed by atoms with Gasteiger partial charge in [0.05, 0.1) is 44.1 Å². The minimum absolute atomic E-state index is 0.0295. The summed E-state index contributed by atoms with van der Waals surface area (Å²) in [6, 6.07) is 6.76. The zero-order chi connectivity index (χ0) is 30.1. The Bertz CT molecular complexity index is 1340. The molecule has 222 valence electrons. The number of carbonyl (C=O) groups is 2. The van der Waals surface area contributed by atoms with E-state index in [1.165, 1.54) is 11.0 Å². The van der Waals surface area contributed by atoms with Crippen molar-refractivity contribution in [2.75, 3.05) is 46.1 Å². The third-order valence-electron chi connectivity index (χ3n) is 7.72. The molecule has 1 amide bonds. The van der Waals surface area contributed by atoms with E-state index in [2.05, 4.69) is 0 Å². The number of ether oxygens (including phenoxy) is 2. The van der Waals surface area contributed by atoms with Crippen LogP contribution in [-0.4, -0.2) is 83.6 Å². The molecule has 0 unspecified atom stereocenters. The number of fused-ring (bicyclic) bond motifs is 2. The standard InChI is InChI=1S/C31H40FN3O6/c1-6-40-24-17-22-25(26(32)27(24)41-7-2)28(33)35(31(22)8-9-31)18-23(38)19-14-20(16-21(15-19)30(3,4)5)29(39)34(10-12-36)11-13-37/h14-17,33,36-37H,6-13,18H2,1-5H3. The third kappa shape index (κ3) is 5.67. The molecule has 1 aliphatic heterocycles. The largest absolute Gasteiger partial charge is 0.490 e. The van der Waals surface area contributed by atoms with Crippen LogP contribution in [-0.2, 0) is 11.0 Å². The number of carbonyl (C=O) groups excluding carboxylic acids is 2. The lowest BCUT2D eigenvalue weighted by Gasteiger charge is -2.27. The number of ketones is 1. The summed E-state index contributed by atoms with van der Waals surface area (Å²) in [6.45, 7) is 9.45. The quantitative estimate of drug-likeness (QED) is 0.332. The summed E-state index contributed by atoms with van der Waals surface area (Å²) in [5.41, 5.74) is 1.06. The Kier molecular flexibility index (Phi) is 8.75. The van der Waals surface area contributed by atoms with Crippen LogP contribution in [0.3, 0.4) is 0 Å². The molecule has 2 aromatic rings. The molecule has 41 heavy (non-hydrogen) atoms. The molecule has 3 N–H and O–H groups in total. The Morgan fingerprint density at radius 2 is 1.63 bits per heavy atom. The second kappa shape index (κ2) is 11.8. The summed E-state index contributed by atoms with van der Waals surface area (Å²) in [4.78, 5) is 30.2. The SMILES string of the molecule is CCOc1cc2c(c(F)c1OCC)C(=N)N(CC(=O)c1cc(C(=O)N(CCO)CCO)cc(C(C)(C)C)c1)C21CC1. The minimum atomic E-state index is -0.668. The number of Topliss-reactive ketones (excluding diaryl/α,β-unsaturated/α-hetero) is 1. The lowest BCUT2D eigenvalue weighted by Crippen LogP contribution is -2.38. The van der Waals surface area contributed by atoms with Crippen LogP contribution < -0.4 is 9.47 Å². The number of aliphatic hydroxyl groups is 2. The van der Waals surface area contributed by atoms with E-state index in [1.807, 2.05) is 20.8 Å². The van der Waals surface area contributed by atoms with Gasteiger partial charge in [0.1, 0.15) is 5.84 Å². The van der Waals surface area contributed by atoms with Crippen LogP contribution in [0.1, 0.15) is 84.9 Å². The van der Waals surface area contributed by atoms with Gasteiger partial charge in [-0.3, -0.25) is 15.0 Å². The highest BCUT2D eigenvalue weighted by molar-refractivity contribution is 6.08. The summed E-state index contributed by atoms with van der Waals surface area (Å²) in [5.74, 6) is -1.18. The van der Waals surface area contributed by atoms with Crippen molar-refractivity contribution in [1.82, 2.24) is 9.80 Å². The van der Waals surface area contributed by atoms with E-state index < -0.39 is 17.3 Å². The molecular weight excluding hydrogens is 529 g/mol. The van der Waals surface area contributed by atoms with E-state index in [0.717, 1.165) is 5.56 Å². The number of amides is 1. The van der Waals surface area contributed by atoms with Gasteiger partial charge in [-0.1, -0.05) is 20.8 Å². The zero-order valence-electron chi connectivity index (χ0n) is 24.5. The zero-order valence-corrected chi connectivity index (χ0v) is 24.5. The van der Waals surface area contributed by atoms with Gasteiger partial charge in [0, 0.05) is 24.2 Å². The first kappa shape index (κ1) is 30.5. The van der Waals surface area contributed by atoms with Gasteiger partial charge in [-0.05, 0) is 67.5 Å². The van der Waals surface area contributed by atoms with Crippen LogP contribution in [0.4, 0.5) is 4.39 Å². The molecule has 0 atom stereocenters. The minimum Gasteiger partial charge on any atom is -0.490 e. The Labute approximate surface area is 240 Å². The number of nitrogens with zero attached hydrogens (tertiary/aromatic N) is 2. The molecule has 4 rings (SSSR count). The molecular formula is C31H40FN3O6. The third-order valence-corrected chi connectivity index (χ3v) is 7.72. The number of aliphatic hydroxyl groups excluding tert-OH is 2. The first-order chi connectivity index (χ1) is 19.4. The number of amidine groups is 1. The van der Waals surface area contributed by atoms with Crippen LogP contribution in [0, 0.1) is 11.2 Å². The number of benzene rings is 2. The molecule has 2 aromatic carbocycles. The van der Waals surface area contributed by atoms with E-state index in [0.29, 0.717) is 30.6 Å². The maximum absolute atomic E-state index is 15.8. The van der Waals surface area contributed by atoms with Crippen LogP contribution in [0.5, 0.6) is 11.5 Å². The fraction of sp³-hybridized carbons (Fsp3) is 0.516. The molecule has 10 heteroatoms. The maximum Gasteiger partial charge on any atom is 0.254 e. The van der Waals surface area contributed by atoms with Crippen molar-refractivity contribution in [1.29, 1.82) is 5.41 Å². The average molecular weight is 570 g/mol. The van der Waals surface area contributed by atoms with Crippen LogP contribution >= 0.6 is 0 Å². The highest BCUT2D eigenvalue weighted by Gasteiger charge is 2.58. The maximum atomic E-state index is 15.8.